The first-order valence-corrected chi connectivity index (χ1v) is 8.98. The maximum Gasteiger partial charge on any atom is 0.152 e. The third-order valence-corrected chi connectivity index (χ3v) is 6.52. The molecule has 2 atom stereocenters. The van der Waals surface area contributed by atoms with E-state index in [4.69, 9.17) is 5.73 Å². The Kier molecular flexibility index (Phi) is 4.34. The monoisotopic (exact) mass is 274 g/mol. The van der Waals surface area contributed by atoms with E-state index in [2.05, 4.69) is 11.8 Å². The Morgan fingerprint density at radius 1 is 1.28 bits per heavy atom. The summed E-state index contributed by atoms with van der Waals surface area (Å²) < 4.78 is 24.0. The Morgan fingerprint density at radius 2 is 2.06 bits per heavy atom. The van der Waals surface area contributed by atoms with Crippen molar-refractivity contribution in [1.29, 1.82) is 0 Å². The summed E-state index contributed by atoms with van der Waals surface area (Å²) in [5.41, 5.74) is 5.71. The molecule has 2 saturated heterocycles. The molecule has 2 aliphatic heterocycles. The highest BCUT2D eigenvalue weighted by Gasteiger charge is 2.44. The van der Waals surface area contributed by atoms with Crippen LogP contribution in [0.3, 0.4) is 0 Å². The molecule has 0 aromatic rings. The molecule has 0 aromatic carbocycles. The van der Waals surface area contributed by atoms with Crippen molar-refractivity contribution in [3.05, 3.63) is 0 Å². The van der Waals surface area contributed by atoms with Gasteiger partial charge in [0.15, 0.2) is 9.84 Å². The van der Waals surface area contributed by atoms with E-state index in [1.54, 1.807) is 0 Å². The van der Waals surface area contributed by atoms with Crippen LogP contribution in [0.25, 0.3) is 0 Å². The van der Waals surface area contributed by atoms with Gasteiger partial charge in [0, 0.05) is 18.1 Å². The summed E-state index contributed by atoms with van der Waals surface area (Å²) in [4.78, 5) is 2.41. The molecule has 0 amide bonds. The smallest absolute Gasteiger partial charge is 0.152 e. The summed E-state index contributed by atoms with van der Waals surface area (Å²) in [7, 11) is -2.91. The topological polar surface area (TPSA) is 63.4 Å². The number of hydrogen-bond acceptors (Lipinski definition) is 4. The highest BCUT2D eigenvalue weighted by Crippen LogP contribution is 2.33. The average Bonchev–Trinajstić information content (AvgIpc) is 2.52. The van der Waals surface area contributed by atoms with Gasteiger partial charge in [-0.25, -0.2) is 8.42 Å². The lowest BCUT2D eigenvalue weighted by Crippen LogP contribution is -2.62. The standard InChI is InChI=1S/C13H26N2O2S/c1-12-6-3-2-4-8-15(12)13(10-14)7-5-9-18(16,17)11-13/h12H,2-11,14H2,1H3. The highest BCUT2D eigenvalue weighted by atomic mass is 32.2. The summed E-state index contributed by atoms with van der Waals surface area (Å²) >= 11 is 0. The summed E-state index contributed by atoms with van der Waals surface area (Å²) in [6.07, 6.45) is 6.56. The van der Waals surface area contributed by atoms with E-state index in [-0.39, 0.29) is 11.3 Å². The molecule has 0 aliphatic carbocycles. The highest BCUT2D eigenvalue weighted by molar-refractivity contribution is 7.91. The van der Waals surface area contributed by atoms with Crippen LogP contribution in [0.5, 0.6) is 0 Å². The van der Waals surface area contributed by atoms with E-state index in [9.17, 15) is 8.42 Å². The van der Waals surface area contributed by atoms with E-state index < -0.39 is 9.84 Å². The zero-order valence-corrected chi connectivity index (χ0v) is 12.2. The molecule has 2 fully saturated rings. The minimum Gasteiger partial charge on any atom is -0.329 e. The van der Waals surface area contributed by atoms with Gasteiger partial charge in [-0.05, 0) is 39.2 Å². The minimum atomic E-state index is -2.91. The zero-order valence-electron chi connectivity index (χ0n) is 11.4. The molecule has 18 heavy (non-hydrogen) atoms. The lowest BCUT2D eigenvalue weighted by Gasteiger charge is -2.48. The lowest BCUT2D eigenvalue weighted by molar-refractivity contribution is 0.0631. The second-order valence-electron chi connectivity index (χ2n) is 6.02. The molecule has 0 radical (unpaired) electrons. The Balaban J connectivity index is 2.24. The van der Waals surface area contributed by atoms with E-state index in [1.165, 1.54) is 25.7 Å². The van der Waals surface area contributed by atoms with E-state index in [0.29, 0.717) is 18.3 Å². The largest absolute Gasteiger partial charge is 0.329 e. The first kappa shape index (κ1) is 14.3. The van der Waals surface area contributed by atoms with Crippen molar-refractivity contribution in [2.45, 2.75) is 57.0 Å². The van der Waals surface area contributed by atoms with Gasteiger partial charge in [-0.15, -0.1) is 0 Å². The fourth-order valence-corrected chi connectivity index (χ4v) is 5.63. The van der Waals surface area contributed by atoms with Crippen molar-refractivity contribution in [2.75, 3.05) is 24.6 Å². The van der Waals surface area contributed by atoms with Crippen LogP contribution in [0.2, 0.25) is 0 Å². The fourth-order valence-electron chi connectivity index (χ4n) is 3.66. The third kappa shape index (κ3) is 2.89. The molecule has 2 heterocycles. The Bertz CT molecular complexity index is 382. The van der Waals surface area contributed by atoms with E-state index in [0.717, 1.165) is 19.4 Å². The van der Waals surface area contributed by atoms with Gasteiger partial charge in [-0.3, -0.25) is 4.90 Å². The molecule has 0 bridgehead atoms. The van der Waals surface area contributed by atoms with Crippen LogP contribution in [-0.4, -0.2) is 49.5 Å². The third-order valence-electron chi connectivity index (χ3n) is 4.63. The van der Waals surface area contributed by atoms with Crippen molar-refractivity contribution < 1.29 is 8.42 Å². The number of nitrogens with two attached hydrogens (primary N) is 1. The molecular formula is C13H26N2O2S. The van der Waals surface area contributed by atoms with Crippen LogP contribution >= 0.6 is 0 Å². The van der Waals surface area contributed by atoms with Crippen molar-refractivity contribution >= 4 is 9.84 Å². The molecule has 2 N–H and O–H groups in total. The Labute approximate surface area is 111 Å². The number of sulfone groups is 1. The molecule has 106 valence electrons. The van der Waals surface area contributed by atoms with Crippen LogP contribution in [0.15, 0.2) is 0 Å². The molecule has 0 saturated carbocycles. The molecule has 4 nitrogen and oxygen atoms in total. The van der Waals surface area contributed by atoms with E-state index >= 15 is 0 Å². The molecule has 2 aliphatic rings. The van der Waals surface area contributed by atoms with Gasteiger partial charge in [0.1, 0.15) is 0 Å². The SMILES string of the molecule is CC1CCCCCN1C1(CN)CCCS(=O)(=O)C1. The van der Waals surface area contributed by atoms with Crippen LogP contribution < -0.4 is 5.73 Å². The van der Waals surface area contributed by atoms with Crippen LogP contribution in [0.1, 0.15) is 45.4 Å². The summed E-state index contributed by atoms with van der Waals surface area (Å²) in [6, 6.07) is 0.462. The van der Waals surface area contributed by atoms with Gasteiger partial charge >= 0.3 is 0 Å². The van der Waals surface area contributed by atoms with Crippen molar-refractivity contribution in [1.82, 2.24) is 4.90 Å². The maximum atomic E-state index is 12.0. The van der Waals surface area contributed by atoms with Gasteiger partial charge in [0.25, 0.3) is 0 Å². The summed E-state index contributed by atoms with van der Waals surface area (Å²) in [5, 5.41) is 0. The van der Waals surface area contributed by atoms with Crippen LogP contribution in [0.4, 0.5) is 0 Å². The molecular weight excluding hydrogens is 248 g/mol. The first-order valence-electron chi connectivity index (χ1n) is 7.16. The number of hydrogen-bond donors (Lipinski definition) is 1. The van der Waals surface area contributed by atoms with Crippen LogP contribution in [-0.2, 0) is 9.84 Å². The Morgan fingerprint density at radius 3 is 2.72 bits per heavy atom. The molecule has 5 heteroatoms. The normalized spacial score (nSPS) is 38.2. The summed E-state index contributed by atoms with van der Waals surface area (Å²) in [5.74, 6) is 0.609. The van der Waals surface area contributed by atoms with E-state index in [1.807, 2.05) is 0 Å². The van der Waals surface area contributed by atoms with Gasteiger partial charge in [-0.2, -0.15) is 0 Å². The Hall–Kier alpha value is -0.130. The van der Waals surface area contributed by atoms with Crippen molar-refractivity contribution in [3.63, 3.8) is 0 Å². The maximum absolute atomic E-state index is 12.0. The quantitative estimate of drug-likeness (QED) is 0.820. The minimum absolute atomic E-state index is 0.265. The second kappa shape index (κ2) is 5.47. The van der Waals surface area contributed by atoms with Gasteiger partial charge in [0.2, 0.25) is 0 Å². The average molecular weight is 274 g/mol. The van der Waals surface area contributed by atoms with Crippen LogP contribution in [0, 0.1) is 0 Å². The first-order chi connectivity index (χ1) is 8.49. The van der Waals surface area contributed by atoms with Gasteiger partial charge < -0.3 is 5.73 Å². The lowest BCUT2D eigenvalue weighted by atomic mass is 9.91. The number of likely N-dealkylation sites (tertiary alicyclic amines) is 1. The van der Waals surface area contributed by atoms with Crippen molar-refractivity contribution in [3.8, 4) is 0 Å². The zero-order chi connectivity index (χ0) is 13.2. The van der Waals surface area contributed by atoms with Crippen molar-refractivity contribution in [2.24, 2.45) is 5.73 Å². The number of nitrogens with zero attached hydrogens (tertiary/aromatic N) is 1. The van der Waals surface area contributed by atoms with Gasteiger partial charge in [0.05, 0.1) is 11.5 Å². The fraction of sp³-hybridized carbons (Fsp3) is 1.00. The molecule has 0 aromatic heterocycles. The predicted molar refractivity (Wildman–Crippen MR) is 74.3 cm³/mol. The number of rotatable bonds is 2. The second-order valence-corrected chi connectivity index (χ2v) is 8.20. The van der Waals surface area contributed by atoms with Gasteiger partial charge in [-0.1, -0.05) is 12.8 Å². The molecule has 2 rings (SSSR count). The predicted octanol–water partition coefficient (Wildman–Crippen LogP) is 1.16. The molecule has 2 unspecified atom stereocenters. The summed E-state index contributed by atoms with van der Waals surface area (Å²) in [6.45, 7) is 3.70. The molecule has 0 spiro atoms.